The molecule has 0 bridgehead atoms. The number of aliphatic hydroxyl groups is 1. The van der Waals surface area contributed by atoms with E-state index >= 15 is 0 Å². The van der Waals surface area contributed by atoms with Crippen LogP contribution in [-0.4, -0.2) is 18.3 Å². The highest BCUT2D eigenvalue weighted by Crippen LogP contribution is 2.24. The molecule has 102 valence electrons. The van der Waals surface area contributed by atoms with Crippen molar-refractivity contribution in [1.82, 2.24) is 5.32 Å². The Morgan fingerprint density at radius 2 is 2.00 bits per heavy atom. The Labute approximate surface area is 117 Å². The summed E-state index contributed by atoms with van der Waals surface area (Å²) in [5.74, 6) is -0.245. The average Bonchev–Trinajstić information content (AvgIpc) is 2.39. The predicted octanol–water partition coefficient (Wildman–Crippen LogP) is 3.48. The molecule has 4 heteroatoms. The second-order valence-corrected chi connectivity index (χ2v) is 5.57. The number of hydrogen-bond donors (Lipinski definition) is 2. The molecule has 18 heavy (non-hydrogen) atoms. The lowest BCUT2D eigenvalue weighted by Crippen LogP contribution is -2.36. The van der Waals surface area contributed by atoms with Gasteiger partial charge in [-0.2, -0.15) is 0 Å². The Hall–Kier alpha value is -0.450. The van der Waals surface area contributed by atoms with Crippen LogP contribution < -0.4 is 5.32 Å². The summed E-state index contributed by atoms with van der Waals surface area (Å²) in [5, 5.41) is 12.8. The van der Waals surface area contributed by atoms with E-state index in [4.69, 9.17) is 0 Å². The van der Waals surface area contributed by atoms with Gasteiger partial charge in [0.1, 0.15) is 5.82 Å². The molecule has 1 rings (SSSR count). The van der Waals surface area contributed by atoms with E-state index in [-0.39, 0.29) is 17.8 Å². The molecule has 0 saturated heterocycles. The molecule has 0 spiro atoms. The molecule has 2 nitrogen and oxygen atoms in total. The molecular formula is C14H21BrFNO. The molecule has 0 fully saturated rings. The van der Waals surface area contributed by atoms with Crippen molar-refractivity contribution in [3.05, 3.63) is 34.1 Å². The van der Waals surface area contributed by atoms with Crippen LogP contribution in [0.25, 0.3) is 0 Å². The van der Waals surface area contributed by atoms with Gasteiger partial charge in [-0.15, -0.1) is 0 Å². The first-order valence-electron chi connectivity index (χ1n) is 6.32. The van der Waals surface area contributed by atoms with E-state index in [2.05, 4.69) is 35.1 Å². The number of rotatable bonds is 7. The van der Waals surface area contributed by atoms with Crippen LogP contribution in [-0.2, 0) is 6.54 Å². The van der Waals surface area contributed by atoms with Gasteiger partial charge in [0.05, 0.1) is 4.47 Å². The fourth-order valence-electron chi connectivity index (χ4n) is 1.90. The van der Waals surface area contributed by atoms with Crippen molar-refractivity contribution in [3.8, 4) is 0 Å². The van der Waals surface area contributed by atoms with Crippen LogP contribution in [0.4, 0.5) is 4.39 Å². The second-order valence-electron chi connectivity index (χ2n) is 4.72. The Morgan fingerprint density at radius 3 is 2.50 bits per heavy atom. The van der Waals surface area contributed by atoms with Crippen LogP contribution in [0.15, 0.2) is 22.7 Å². The fraction of sp³-hybridized carbons (Fsp3) is 0.571. The minimum absolute atomic E-state index is 0.0444. The summed E-state index contributed by atoms with van der Waals surface area (Å²) in [7, 11) is 0. The maximum absolute atomic E-state index is 13.1. The van der Waals surface area contributed by atoms with Crippen LogP contribution in [0.2, 0.25) is 0 Å². The first-order chi connectivity index (χ1) is 8.56. The Morgan fingerprint density at radius 1 is 1.33 bits per heavy atom. The van der Waals surface area contributed by atoms with Crippen molar-refractivity contribution in [1.29, 1.82) is 0 Å². The monoisotopic (exact) mass is 317 g/mol. The van der Waals surface area contributed by atoms with Gasteiger partial charge in [-0.1, -0.05) is 19.9 Å². The molecule has 0 heterocycles. The largest absolute Gasteiger partial charge is 0.396 e. The third kappa shape index (κ3) is 4.04. The zero-order chi connectivity index (χ0) is 13.6. The van der Waals surface area contributed by atoms with Crippen LogP contribution in [0.1, 0.15) is 32.3 Å². The van der Waals surface area contributed by atoms with E-state index in [1.807, 2.05) is 0 Å². The second kappa shape index (κ2) is 7.22. The van der Waals surface area contributed by atoms with E-state index in [9.17, 15) is 9.50 Å². The van der Waals surface area contributed by atoms with E-state index < -0.39 is 0 Å². The predicted molar refractivity (Wildman–Crippen MR) is 75.9 cm³/mol. The summed E-state index contributed by atoms with van der Waals surface area (Å²) in [5.41, 5.74) is 0.986. The van der Waals surface area contributed by atoms with Crippen molar-refractivity contribution in [2.24, 2.45) is 5.41 Å². The van der Waals surface area contributed by atoms with Crippen LogP contribution in [0.5, 0.6) is 0 Å². The Bertz CT molecular complexity index is 372. The number of nitrogens with one attached hydrogen (secondary N) is 1. The highest BCUT2D eigenvalue weighted by molar-refractivity contribution is 9.10. The molecule has 0 radical (unpaired) electrons. The molecule has 2 N–H and O–H groups in total. The van der Waals surface area contributed by atoms with Crippen LogP contribution in [0, 0.1) is 11.2 Å². The third-order valence-electron chi connectivity index (χ3n) is 3.65. The Balaban J connectivity index is 2.52. The van der Waals surface area contributed by atoms with Crippen LogP contribution >= 0.6 is 15.9 Å². The topological polar surface area (TPSA) is 32.3 Å². The summed E-state index contributed by atoms with van der Waals surface area (Å²) in [6, 6.07) is 5.01. The summed E-state index contributed by atoms with van der Waals surface area (Å²) >= 11 is 3.18. The molecule has 0 aromatic heterocycles. The highest BCUT2D eigenvalue weighted by Gasteiger charge is 2.24. The van der Waals surface area contributed by atoms with Gasteiger partial charge in [-0.25, -0.2) is 4.39 Å². The van der Waals surface area contributed by atoms with Gasteiger partial charge in [0.25, 0.3) is 0 Å². The van der Waals surface area contributed by atoms with Crippen LogP contribution in [0.3, 0.4) is 0 Å². The lowest BCUT2D eigenvalue weighted by atomic mass is 9.83. The van der Waals surface area contributed by atoms with Gasteiger partial charge >= 0.3 is 0 Å². The van der Waals surface area contributed by atoms with E-state index in [0.29, 0.717) is 11.0 Å². The lowest BCUT2D eigenvalue weighted by Gasteiger charge is -2.29. The Kier molecular flexibility index (Phi) is 6.26. The number of hydrogen-bond acceptors (Lipinski definition) is 2. The lowest BCUT2D eigenvalue weighted by molar-refractivity contribution is 0.113. The smallest absolute Gasteiger partial charge is 0.137 e. The maximum Gasteiger partial charge on any atom is 0.137 e. The molecule has 0 saturated carbocycles. The summed E-state index contributed by atoms with van der Waals surface area (Å²) < 4.78 is 13.6. The molecular weight excluding hydrogens is 297 g/mol. The first kappa shape index (κ1) is 15.6. The third-order valence-corrected chi connectivity index (χ3v) is 4.26. The van der Waals surface area contributed by atoms with E-state index in [1.165, 1.54) is 6.07 Å². The number of halogens is 2. The van der Waals surface area contributed by atoms with Crippen molar-refractivity contribution in [3.63, 3.8) is 0 Å². The van der Waals surface area contributed by atoms with Gasteiger partial charge in [0.15, 0.2) is 0 Å². The first-order valence-corrected chi connectivity index (χ1v) is 7.11. The normalized spacial score (nSPS) is 11.8. The number of benzene rings is 1. The SMILES string of the molecule is CCC(CC)(CO)CNCc1ccc(F)c(Br)c1. The van der Waals surface area contributed by atoms with Crippen molar-refractivity contribution < 1.29 is 9.50 Å². The minimum atomic E-state index is -0.245. The summed E-state index contributed by atoms with van der Waals surface area (Å²) in [6.45, 7) is 5.83. The quantitative estimate of drug-likeness (QED) is 0.807. The average molecular weight is 318 g/mol. The van der Waals surface area contributed by atoms with Crippen molar-refractivity contribution >= 4 is 15.9 Å². The molecule has 0 aliphatic rings. The number of aliphatic hydroxyl groups excluding tert-OH is 1. The standard InChI is InChI=1S/C14H21BrFNO/c1-3-14(4-2,10-18)9-17-8-11-5-6-13(16)12(15)7-11/h5-7,17-18H,3-4,8-10H2,1-2H3. The van der Waals surface area contributed by atoms with Gasteiger partial charge in [0.2, 0.25) is 0 Å². The van der Waals surface area contributed by atoms with Gasteiger partial charge < -0.3 is 10.4 Å². The fourth-order valence-corrected chi connectivity index (χ4v) is 2.33. The molecule has 0 amide bonds. The molecule has 0 unspecified atom stereocenters. The zero-order valence-electron chi connectivity index (χ0n) is 11.0. The molecule has 0 aliphatic heterocycles. The summed E-state index contributed by atoms with van der Waals surface area (Å²) in [4.78, 5) is 0. The molecule has 0 aliphatic carbocycles. The van der Waals surface area contributed by atoms with Crippen molar-refractivity contribution in [2.45, 2.75) is 33.2 Å². The molecule has 0 atom stereocenters. The maximum atomic E-state index is 13.1. The molecule has 1 aromatic rings. The highest BCUT2D eigenvalue weighted by atomic mass is 79.9. The van der Waals surface area contributed by atoms with Gasteiger partial charge in [0, 0.05) is 25.1 Å². The van der Waals surface area contributed by atoms with Gasteiger partial charge in [-0.3, -0.25) is 0 Å². The van der Waals surface area contributed by atoms with E-state index in [1.54, 1.807) is 12.1 Å². The minimum Gasteiger partial charge on any atom is -0.396 e. The zero-order valence-corrected chi connectivity index (χ0v) is 12.6. The van der Waals surface area contributed by atoms with Crippen molar-refractivity contribution in [2.75, 3.05) is 13.2 Å². The summed E-state index contributed by atoms with van der Waals surface area (Å²) in [6.07, 6.45) is 1.89. The molecule has 1 aromatic carbocycles. The van der Waals surface area contributed by atoms with Gasteiger partial charge in [-0.05, 0) is 46.5 Å². The van der Waals surface area contributed by atoms with E-state index in [0.717, 1.165) is 24.9 Å².